The van der Waals surface area contributed by atoms with E-state index in [1.807, 2.05) is 57.7 Å². The average molecular weight is 416 g/mol. The SMILES string of the molecule is Cc1nc2ccccc2n1CC(=O)N1CCC(Cn2cc(Br)cn2)CC1. The molecule has 0 atom stereocenters. The van der Waals surface area contributed by atoms with Crippen LogP contribution >= 0.6 is 15.9 Å². The number of para-hydroxylation sites is 2. The Morgan fingerprint density at radius 2 is 2.04 bits per heavy atom. The molecule has 3 heterocycles. The molecule has 0 N–H and O–H groups in total. The lowest BCUT2D eigenvalue weighted by Crippen LogP contribution is -2.41. The summed E-state index contributed by atoms with van der Waals surface area (Å²) in [5, 5.41) is 4.33. The van der Waals surface area contributed by atoms with Crippen LogP contribution in [0.3, 0.4) is 0 Å². The van der Waals surface area contributed by atoms with Crippen LogP contribution in [-0.2, 0) is 17.9 Å². The summed E-state index contributed by atoms with van der Waals surface area (Å²) < 4.78 is 5.01. The molecule has 2 aromatic heterocycles. The number of halogens is 1. The number of hydrogen-bond donors (Lipinski definition) is 0. The van der Waals surface area contributed by atoms with Gasteiger partial charge in [-0.25, -0.2) is 4.98 Å². The summed E-state index contributed by atoms with van der Waals surface area (Å²) in [7, 11) is 0. The van der Waals surface area contributed by atoms with Crippen LogP contribution in [0.15, 0.2) is 41.1 Å². The maximum atomic E-state index is 12.8. The van der Waals surface area contributed by atoms with E-state index in [9.17, 15) is 4.79 Å². The minimum Gasteiger partial charge on any atom is -0.341 e. The molecule has 1 fully saturated rings. The van der Waals surface area contributed by atoms with Crippen molar-refractivity contribution in [3.63, 3.8) is 0 Å². The molecule has 1 aromatic carbocycles. The minimum absolute atomic E-state index is 0.177. The van der Waals surface area contributed by atoms with Crippen LogP contribution < -0.4 is 0 Å². The van der Waals surface area contributed by atoms with Crippen LogP contribution in [0.1, 0.15) is 18.7 Å². The van der Waals surface area contributed by atoms with Gasteiger partial charge in [-0.2, -0.15) is 5.10 Å². The van der Waals surface area contributed by atoms with Crippen molar-refractivity contribution in [1.29, 1.82) is 0 Å². The third-order valence-corrected chi connectivity index (χ3v) is 5.56. The molecule has 0 saturated carbocycles. The van der Waals surface area contributed by atoms with E-state index in [4.69, 9.17) is 0 Å². The van der Waals surface area contributed by atoms with Crippen LogP contribution in [0.5, 0.6) is 0 Å². The Hall–Kier alpha value is -2.15. The summed E-state index contributed by atoms with van der Waals surface area (Å²) in [5.74, 6) is 1.64. The fourth-order valence-corrected chi connectivity index (χ4v) is 4.03. The number of rotatable bonds is 4. The molecule has 0 spiro atoms. The van der Waals surface area contributed by atoms with Crippen molar-refractivity contribution >= 4 is 32.9 Å². The largest absolute Gasteiger partial charge is 0.341 e. The lowest BCUT2D eigenvalue weighted by molar-refractivity contribution is -0.133. The highest BCUT2D eigenvalue weighted by Gasteiger charge is 2.24. The van der Waals surface area contributed by atoms with E-state index in [-0.39, 0.29) is 5.91 Å². The second kappa shape index (κ2) is 7.23. The van der Waals surface area contributed by atoms with Gasteiger partial charge in [0, 0.05) is 25.8 Å². The van der Waals surface area contributed by atoms with Gasteiger partial charge in [-0.05, 0) is 53.7 Å². The number of carbonyl (C=O) groups excluding carboxylic acids is 1. The third kappa shape index (κ3) is 3.53. The highest BCUT2D eigenvalue weighted by atomic mass is 79.9. The zero-order valence-electron chi connectivity index (χ0n) is 14.8. The summed E-state index contributed by atoms with van der Waals surface area (Å²) in [4.78, 5) is 19.3. The number of amides is 1. The van der Waals surface area contributed by atoms with E-state index in [0.717, 1.165) is 53.8 Å². The second-order valence-corrected chi connectivity index (χ2v) is 7.85. The fraction of sp³-hybridized carbons (Fsp3) is 0.421. The first-order valence-electron chi connectivity index (χ1n) is 8.98. The molecular weight excluding hydrogens is 394 g/mol. The quantitative estimate of drug-likeness (QED) is 0.656. The standard InChI is InChI=1S/C19H22BrN5O/c1-14-22-17-4-2-3-5-18(17)25(14)13-19(26)23-8-6-15(7-9-23)11-24-12-16(20)10-21-24/h2-5,10,12,15H,6-9,11,13H2,1H3. The van der Waals surface area contributed by atoms with Crippen LogP contribution in [0, 0.1) is 12.8 Å². The van der Waals surface area contributed by atoms with Crippen molar-refractivity contribution in [3.8, 4) is 0 Å². The van der Waals surface area contributed by atoms with Crippen molar-refractivity contribution in [2.75, 3.05) is 13.1 Å². The number of imidazole rings is 1. The average Bonchev–Trinajstić information content (AvgIpc) is 3.19. The van der Waals surface area contributed by atoms with Crippen LogP contribution in [0.4, 0.5) is 0 Å². The number of benzene rings is 1. The van der Waals surface area contributed by atoms with Gasteiger partial charge >= 0.3 is 0 Å². The van der Waals surface area contributed by atoms with Gasteiger partial charge in [0.1, 0.15) is 12.4 Å². The predicted molar refractivity (Wildman–Crippen MR) is 104 cm³/mol. The molecule has 0 bridgehead atoms. The number of nitrogens with zero attached hydrogens (tertiary/aromatic N) is 5. The van der Waals surface area contributed by atoms with E-state index in [1.165, 1.54) is 0 Å². The Kier molecular flexibility index (Phi) is 4.80. The Morgan fingerprint density at radius 1 is 1.27 bits per heavy atom. The van der Waals surface area contributed by atoms with Crippen molar-refractivity contribution in [2.45, 2.75) is 32.9 Å². The highest BCUT2D eigenvalue weighted by Crippen LogP contribution is 2.21. The van der Waals surface area contributed by atoms with E-state index >= 15 is 0 Å². The molecule has 1 aliphatic heterocycles. The molecule has 0 unspecified atom stereocenters. The number of aryl methyl sites for hydroxylation is 1. The van der Waals surface area contributed by atoms with E-state index in [1.54, 1.807) is 0 Å². The maximum absolute atomic E-state index is 12.8. The summed E-state index contributed by atoms with van der Waals surface area (Å²) in [6, 6.07) is 7.98. The molecular formula is C19H22BrN5O. The highest BCUT2D eigenvalue weighted by molar-refractivity contribution is 9.10. The Morgan fingerprint density at radius 3 is 2.77 bits per heavy atom. The van der Waals surface area contributed by atoms with Gasteiger partial charge in [0.15, 0.2) is 0 Å². The number of fused-ring (bicyclic) bond motifs is 1. The van der Waals surface area contributed by atoms with Gasteiger partial charge in [-0.15, -0.1) is 0 Å². The zero-order valence-corrected chi connectivity index (χ0v) is 16.4. The van der Waals surface area contributed by atoms with Crippen LogP contribution in [0.2, 0.25) is 0 Å². The first-order chi connectivity index (χ1) is 12.6. The molecule has 7 heteroatoms. The fourth-order valence-electron chi connectivity index (χ4n) is 3.70. The molecule has 1 saturated heterocycles. The molecule has 136 valence electrons. The molecule has 3 aromatic rings. The molecule has 0 aliphatic carbocycles. The Balaban J connectivity index is 1.37. The van der Waals surface area contributed by atoms with Crippen molar-refractivity contribution in [3.05, 3.63) is 47.0 Å². The molecule has 0 radical (unpaired) electrons. The second-order valence-electron chi connectivity index (χ2n) is 6.94. The van der Waals surface area contributed by atoms with Gasteiger partial charge in [0.25, 0.3) is 0 Å². The van der Waals surface area contributed by atoms with E-state index in [0.29, 0.717) is 12.5 Å². The molecule has 26 heavy (non-hydrogen) atoms. The Labute approximate surface area is 160 Å². The summed E-state index contributed by atoms with van der Waals surface area (Å²) in [6.07, 6.45) is 5.86. The number of hydrogen-bond acceptors (Lipinski definition) is 3. The summed E-state index contributed by atoms with van der Waals surface area (Å²) >= 11 is 3.43. The van der Waals surface area contributed by atoms with E-state index in [2.05, 4.69) is 26.0 Å². The van der Waals surface area contributed by atoms with E-state index < -0.39 is 0 Å². The minimum atomic E-state index is 0.177. The van der Waals surface area contributed by atoms with Crippen molar-refractivity contribution in [1.82, 2.24) is 24.2 Å². The lowest BCUT2D eigenvalue weighted by atomic mass is 9.97. The maximum Gasteiger partial charge on any atom is 0.242 e. The summed E-state index contributed by atoms with van der Waals surface area (Å²) in [5.41, 5.74) is 1.97. The third-order valence-electron chi connectivity index (χ3n) is 5.15. The van der Waals surface area contributed by atoms with Gasteiger partial charge < -0.3 is 9.47 Å². The molecule has 4 rings (SSSR count). The summed E-state index contributed by atoms with van der Waals surface area (Å²) in [6.45, 7) is 4.87. The smallest absolute Gasteiger partial charge is 0.242 e. The van der Waals surface area contributed by atoms with Crippen molar-refractivity contribution < 1.29 is 4.79 Å². The van der Waals surface area contributed by atoms with Gasteiger partial charge in [0.05, 0.1) is 21.7 Å². The van der Waals surface area contributed by atoms with Gasteiger partial charge in [0.2, 0.25) is 5.91 Å². The number of carbonyl (C=O) groups is 1. The van der Waals surface area contributed by atoms with Gasteiger partial charge in [-0.3, -0.25) is 9.48 Å². The topological polar surface area (TPSA) is 56.0 Å². The number of likely N-dealkylation sites (tertiary alicyclic amines) is 1. The first kappa shape index (κ1) is 17.3. The number of piperidine rings is 1. The van der Waals surface area contributed by atoms with Crippen molar-refractivity contribution in [2.24, 2.45) is 5.92 Å². The monoisotopic (exact) mass is 415 g/mol. The molecule has 1 aliphatic rings. The molecule has 1 amide bonds. The normalized spacial score (nSPS) is 15.7. The van der Waals surface area contributed by atoms with Crippen LogP contribution in [-0.4, -0.2) is 43.2 Å². The number of aromatic nitrogens is 4. The van der Waals surface area contributed by atoms with Crippen LogP contribution in [0.25, 0.3) is 11.0 Å². The predicted octanol–water partition coefficient (Wildman–Crippen LogP) is 3.24. The van der Waals surface area contributed by atoms with Gasteiger partial charge in [-0.1, -0.05) is 12.1 Å². The molecule has 6 nitrogen and oxygen atoms in total. The zero-order chi connectivity index (χ0) is 18.1. The lowest BCUT2D eigenvalue weighted by Gasteiger charge is -2.32. The first-order valence-corrected chi connectivity index (χ1v) is 9.77. The Bertz CT molecular complexity index is 923.